The molecule has 0 radical (unpaired) electrons. The number of carbonyl (C=O) groups excluding carboxylic acids is 1. The molecule has 1 fully saturated rings. The third-order valence-corrected chi connectivity index (χ3v) is 2.58. The molecule has 0 unspecified atom stereocenters. The van der Waals surface area contributed by atoms with Crippen molar-refractivity contribution in [3.05, 3.63) is 24.2 Å². The van der Waals surface area contributed by atoms with Crippen LogP contribution in [0, 0.1) is 5.92 Å². The van der Waals surface area contributed by atoms with Crippen molar-refractivity contribution in [3.63, 3.8) is 0 Å². The number of furan rings is 1. The summed E-state index contributed by atoms with van der Waals surface area (Å²) in [6.07, 6.45) is 6.43. The van der Waals surface area contributed by atoms with Gasteiger partial charge in [0, 0.05) is 19.8 Å². The number of nitrogens with one attached hydrogen (secondary N) is 1. The molecule has 0 spiro atoms. The molecule has 1 N–H and O–H groups in total. The van der Waals surface area contributed by atoms with Gasteiger partial charge in [-0.25, -0.2) is 0 Å². The molecule has 2 rings (SSSR count). The summed E-state index contributed by atoms with van der Waals surface area (Å²) < 4.78 is 10.3. The Kier molecular flexibility index (Phi) is 3.99. The normalized spacial score (nSPS) is 15.0. The largest absolute Gasteiger partial charge is 0.472 e. The third kappa shape index (κ3) is 3.70. The van der Waals surface area contributed by atoms with Crippen molar-refractivity contribution >= 4 is 5.91 Å². The van der Waals surface area contributed by atoms with Gasteiger partial charge in [0.25, 0.3) is 5.91 Å². The second kappa shape index (κ2) is 5.70. The van der Waals surface area contributed by atoms with Gasteiger partial charge in [-0.05, 0) is 31.2 Å². The zero-order valence-electron chi connectivity index (χ0n) is 9.28. The fourth-order valence-electron chi connectivity index (χ4n) is 1.41. The van der Waals surface area contributed by atoms with Gasteiger partial charge in [-0.1, -0.05) is 0 Å². The van der Waals surface area contributed by atoms with Gasteiger partial charge in [0.05, 0.1) is 11.8 Å². The molecule has 0 atom stereocenters. The Hall–Kier alpha value is -1.29. The second-order valence-corrected chi connectivity index (χ2v) is 4.14. The molecule has 1 amide bonds. The summed E-state index contributed by atoms with van der Waals surface area (Å²) in [6, 6.07) is 1.65. The molecule has 1 saturated carbocycles. The highest BCUT2D eigenvalue weighted by atomic mass is 16.5. The number of amides is 1. The highest BCUT2D eigenvalue weighted by Gasteiger charge is 2.20. The molecule has 1 heterocycles. The van der Waals surface area contributed by atoms with E-state index in [1.807, 2.05) is 0 Å². The van der Waals surface area contributed by atoms with Crippen molar-refractivity contribution in [3.8, 4) is 0 Å². The van der Waals surface area contributed by atoms with Crippen molar-refractivity contribution in [1.82, 2.24) is 5.32 Å². The van der Waals surface area contributed by atoms with Crippen LogP contribution in [0.5, 0.6) is 0 Å². The number of carbonyl (C=O) groups is 1. The standard InChI is InChI=1S/C12H17NO3/c14-12(11-4-7-16-9-11)13-5-1-6-15-8-10-2-3-10/h4,7,9-10H,1-3,5-6,8H2,(H,13,14). The maximum Gasteiger partial charge on any atom is 0.254 e. The Bertz CT molecular complexity index is 317. The van der Waals surface area contributed by atoms with Gasteiger partial charge in [0.1, 0.15) is 6.26 Å². The quantitative estimate of drug-likeness (QED) is 0.717. The van der Waals surface area contributed by atoms with Gasteiger partial charge in [-0.2, -0.15) is 0 Å². The van der Waals surface area contributed by atoms with E-state index in [2.05, 4.69) is 5.32 Å². The molecule has 1 aromatic rings. The predicted molar refractivity (Wildman–Crippen MR) is 59.2 cm³/mol. The van der Waals surface area contributed by atoms with E-state index in [-0.39, 0.29) is 5.91 Å². The van der Waals surface area contributed by atoms with Crippen LogP contribution < -0.4 is 5.32 Å². The number of ether oxygens (including phenoxy) is 1. The Morgan fingerprint density at radius 2 is 2.44 bits per heavy atom. The van der Waals surface area contributed by atoms with E-state index in [0.29, 0.717) is 12.1 Å². The molecule has 0 bridgehead atoms. The molecule has 1 aliphatic carbocycles. The van der Waals surface area contributed by atoms with Crippen LogP contribution in [0.3, 0.4) is 0 Å². The van der Waals surface area contributed by atoms with E-state index in [1.54, 1.807) is 6.07 Å². The van der Waals surface area contributed by atoms with E-state index in [0.717, 1.165) is 25.6 Å². The van der Waals surface area contributed by atoms with Crippen molar-refractivity contribution in [2.24, 2.45) is 5.92 Å². The summed E-state index contributed by atoms with van der Waals surface area (Å²) in [7, 11) is 0. The highest BCUT2D eigenvalue weighted by Crippen LogP contribution is 2.28. The SMILES string of the molecule is O=C(NCCCOCC1CC1)c1ccoc1. The van der Waals surface area contributed by atoms with E-state index in [1.165, 1.54) is 25.4 Å². The topological polar surface area (TPSA) is 51.5 Å². The smallest absolute Gasteiger partial charge is 0.254 e. The Labute approximate surface area is 95.0 Å². The second-order valence-electron chi connectivity index (χ2n) is 4.14. The van der Waals surface area contributed by atoms with Gasteiger partial charge >= 0.3 is 0 Å². The first kappa shape index (κ1) is 11.2. The molecule has 88 valence electrons. The fraction of sp³-hybridized carbons (Fsp3) is 0.583. The molecule has 0 saturated heterocycles. The molecule has 4 heteroatoms. The van der Waals surface area contributed by atoms with Crippen LogP contribution in [-0.2, 0) is 4.74 Å². The van der Waals surface area contributed by atoms with Crippen molar-refractivity contribution in [1.29, 1.82) is 0 Å². The number of hydrogen-bond donors (Lipinski definition) is 1. The van der Waals surface area contributed by atoms with Gasteiger partial charge in [-0.15, -0.1) is 0 Å². The average molecular weight is 223 g/mol. The summed E-state index contributed by atoms with van der Waals surface area (Å²) in [6.45, 7) is 2.26. The Morgan fingerprint density at radius 3 is 3.12 bits per heavy atom. The molecule has 0 aromatic carbocycles. The number of hydrogen-bond acceptors (Lipinski definition) is 3. The van der Waals surface area contributed by atoms with E-state index < -0.39 is 0 Å². The van der Waals surface area contributed by atoms with Crippen LogP contribution in [0.4, 0.5) is 0 Å². The predicted octanol–water partition coefficient (Wildman–Crippen LogP) is 1.83. The summed E-state index contributed by atoms with van der Waals surface area (Å²) in [5.41, 5.74) is 0.568. The van der Waals surface area contributed by atoms with Crippen LogP contribution in [-0.4, -0.2) is 25.7 Å². The van der Waals surface area contributed by atoms with Gasteiger partial charge < -0.3 is 14.5 Å². The molecule has 1 aliphatic rings. The van der Waals surface area contributed by atoms with Crippen LogP contribution in [0.15, 0.2) is 23.0 Å². The lowest BCUT2D eigenvalue weighted by molar-refractivity contribution is 0.0937. The first-order chi connectivity index (χ1) is 7.86. The monoisotopic (exact) mass is 223 g/mol. The average Bonchev–Trinajstić information content (AvgIpc) is 2.95. The molecule has 0 aliphatic heterocycles. The summed E-state index contributed by atoms with van der Waals surface area (Å²) in [5.74, 6) is 0.719. The van der Waals surface area contributed by atoms with Crippen molar-refractivity contribution < 1.29 is 13.9 Å². The minimum Gasteiger partial charge on any atom is -0.472 e. The van der Waals surface area contributed by atoms with Crippen LogP contribution in [0.25, 0.3) is 0 Å². The maximum atomic E-state index is 11.4. The zero-order chi connectivity index (χ0) is 11.2. The Balaban J connectivity index is 1.49. The first-order valence-corrected chi connectivity index (χ1v) is 5.74. The zero-order valence-corrected chi connectivity index (χ0v) is 9.28. The maximum absolute atomic E-state index is 11.4. The lowest BCUT2D eigenvalue weighted by Gasteiger charge is -2.04. The summed E-state index contributed by atoms with van der Waals surface area (Å²) in [4.78, 5) is 11.4. The van der Waals surface area contributed by atoms with E-state index in [9.17, 15) is 4.79 Å². The summed E-state index contributed by atoms with van der Waals surface area (Å²) in [5, 5.41) is 2.81. The Morgan fingerprint density at radius 1 is 1.56 bits per heavy atom. The first-order valence-electron chi connectivity index (χ1n) is 5.74. The van der Waals surface area contributed by atoms with E-state index >= 15 is 0 Å². The lowest BCUT2D eigenvalue weighted by Crippen LogP contribution is -2.24. The van der Waals surface area contributed by atoms with E-state index in [4.69, 9.17) is 9.15 Å². The van der Waals surface area contributed by atoms with Crippen molar-refractivity contribution in [2.45, 2.75) is 19.3 Å². The lowest BCUT2D eigenvalue weighted by atomic mass is 10.3. The van der Waals surface area contributed by atoms with Crippen LogP contribution in [0.2, 0.25) is 0 Å². The third-order valence-electron chi connectivity index (χ3n) is 2.58. The fourth-order valence-corrected chi connectivity index (χ4v) is 1.41. The van der Waals surface area contributed by atoms with Gasteiger partial charge in [-0.3, -0.25) is 4.79 Å². The van der Waals surface area contributed by atoms with Crippen LogP contribution >= 0.6 is 0 Å². The molecule has 4 nitrogen and oxygen atoms in total. The molecule has 16 heavy (non-hydrogen) atoms. The molecule has 1 aromatic heterocycles. The van der Waals surface area contributed by atoms with Crippen LogP contribution in [0.1, 0.15) is 29.6 Å². The van der Waals surface area contributed by atoms with Gasteiger partial charge in [0.2, 0.25) is 0 Å². The highest BCUT2D eigenvalue weighted by molar-refractivity contribution is 5.93. The molecular weight excluding hydrogens is 206 g/mol. The number of rotatable bonds is 7. The minimum absolute atomic E-state index is 0.0871. The molecular formula is C12H17NO3. The van der Waals surface area contributed by atoms with Crippen molar-refractivity contribution in [2.75, 3.05) is 19.8 Å². The summed E-state index contributed by atoms with van der Waals surface area (Å²) >= 11 is 0. The van der Waals surface area contributed by atoms with Gasteiger partial charge in [0.15, 0.2) is 0 Å². The minimum atomic E-state index is -0.0871.